The molecule has 9 aromatic rings. The number of amides is 2. The predicted molar refractivity (Wildman–Crippen MR) is 335 cm³/mol. The van der Waals surface area contributed by atoms with Crippen LogP contribution in [0.25, 0.3) is 0 Å². The number of carbonyl (C=O) groups is 5. The molecule has 1 aliphatic heterocycles. The number of aromatic nitrogens is 12. The molecule has 4 aromatic heterocycles. The average Bonchev–Trinajstić information content (AvgIpc) is 1.12. The van der Waals surface area contributed by atoms with Crippen molar-refractivity contribution in [3.05, 3.63) is 172 Å². The van der Waals surface area contributed by atoms with Crippen LogP contribution in [0, 0.1) is 23.3 Å². The Morgan fingerprint density at radius 2 is 1.10 bits per heavy atom. The molecule has 5 aromatic carbocycles. The van der Waals surface area contributed by atoms with Gasteiger partial charge >= 0.3 is 0 Å². The number of phenolic OH excluding ortho intramolecular Hbond substituents is 1. The number of phenols is 1. The van der Waals surface area contributed by atoms with E-state index < -0.39 is 35.1 Å². The predicted octanol–water partition coefficient (Wildman–Crippen LogP) is 8.72. The number of H-pyrrole nitrogens is 4. The van der Waals surface area contributed by atoms with Crippen LogP contribution >= 0.6 is 47.2 Å². The van der Waals surface area contributed by atoms with Gasteiger partial charge in [0.25, 0.3) is 0 Å². The first-order valence-corrected chi connectivity index (χ1v) is 29.0. The van der Waals surface area contributed by atoms with Crippen LogP contribution in [0.1, 0.15) is 79.9 Å². The number of methoxy groups -OCH3 is 4. The number of nitrogens with one attached hydrogen (secondary N) is 4. The SMILES string of the molecule is CN(C(=O)CN1C(=O)CSC1=S)c1ccc(Cl)cc1.COc1cc(C(C)=O)cc(F)c1OCc1ncn[nH]1.COc1cc(C(C)O)cc(F)c1OCc1ncn[nH]1.COc1cc(C=O)cc(F)c1O.COc1cc(C=O)cc(F)c1OCc1ncn[nH]1.ClCc1ncn[nH]1. The van der Waals surface area contributed by atoms with Gasteiger partial charge in [0.2, 0.25) is 11.8 Å². The van der Waals surface area contributed by atoms with Gasteiger partial charge in [-0.25, -0.2) is 37.5 Å². The second-order valence-electron chi connectivity index (χ2n) is 18.3. The summed E-state index contributed by atoms with van der Waals surface area (Å²) in [6.45, 7) is 2.96. The standard InChI is InChI=1S/C12H11ClN2O2S2.C12H14FN3O3.C12H12FN3O3.C11H10FN3O3.C8H7FO3.C3H4ClN3/c1-14(9-4-2-8(13)3-5-9)10(16)6-15-11(17)7-19-12(15)18;2*1-7(17)8-3-9(13)12(10(4-8)18-2)19-5-11-14-6-15-16-11;1-17-9-3-7(4-16)2-8(12)11(9)18-5-10-13-6-14-15-10;1-12-7-3-5(4-10)2-6(9)8(7)11;4-1-3-5-2-6-7-3/h2-5H,6-7H2,1H3;3-4,6-7,17H,5H2,1-2H3,(H,14,15,16);3-4,6H,5H2,1-2H3,(H,14,15,16);2-4,6H,5H2,1H3,(H,13,14,15);2-4,11H,1H3;2H,1H2,(H,5,6,7). The Morgan fingerprint density at radius 3 is 1.49 bits per heavy atom. The van der Waals surface area contributed by atoms with Gasteiger partial charge in [-0.05, 0) is 92.2 Å². The number of thioether (sulfide) groups is 1. The number of aromatic hydroxyl groups is 1. The highest BCUT2D eigenvalue weighted by atomic mass is 35.5. The number of aromatic amines is 4. The van der Waals surface area contributed by atoms with E-state index in [1.54, 1.807) is 38.2 Å². The summed E-state index contributed by atoms with van der Waals surface area (Å²) in [6, 6.07) is 16.9. The maximum atomic E-state index is 13.9. The lowest BCUT2D eigenvalue weighted by atomic mass is 10.1. The van der Waals surface area contributed by atoms with E-state index in [2.05, 4.69) is 65.5 Å². The number of ether oxygens (including phenoxy) is 7. The molecule has 1 aliphatic rings. The van der Waals surface area contributed by atoms with Crippen LogP contribution in [-0.2, 0) is 35.3 Å². The van der Waals surface area contributed by atoms with Crippen molar-refractivity contribution < 1.29 is 84.9 Å². The van der Waals surface area contributed by atoms with Crippen LogP contribution in [0.5, 0.6) is 46.0 Å². The molecule has 1 unspecified atom stereocenters. The molecular formula is C58H58Cl2F4N14O14S2. The third-order valence-corrected chi connectivity index (χ3v) is 13.9. The summed E-state index contributed by atoms with van der Waals surface area (Å²) in [7, 11) is 7.08. The van der Waals surface area contributed by atoms with E-state index >= 15 is 0 Å². The minimum Gasteiger partial charge on any atom is -0.502 e. The number of aliphatic hydroxyl groups is 1. The van der Waals surface area contributed by atoms with E-state index in [0.29, 0.717) is 62.4 Å². The van der Waals surface area contributed by atoms with Crippen molar-refractivity contribution in [2.75, 3.05) is 52.7 Å². The molecule has 1 fully saturated rings. The molecule has 0 saturated carbocycles. The molecule has 94 heavy (non-hydrogen) atoms. The normalized spacial score (nSPS) is 11.4. The van der Waals surface area contributed by atoms with E-state index in [-0.39, 0.29) is 101 Å². The van der Waals surface area contributed by atoms with Gasteiger partial charge in [-0.3, -0.25) is 49.3 Å². The van der Waals surface area contributed by atoms with Gasteiger partial charge in [0.1, 0.15) is 74.4 Å². The summed E-state index contributed by atoms with van der Waals surface area (Å²) < 4.78 is 90.2. The molecule has 6 N–H and O–H groups in total. The number of benzene rings is 5. The Bertz CT molecular complexity index is 3890. The van der Waals surface area contributed by atoms with Crippen LogP contribution in [0.15, 0.2) is 98.1 Å². The number of aliphatic hydroxyl groups excluding tert-OH is 1. The number of ketones is 1. The molecule has 36 heteroatoms. The zero-order valence-corrected chi connectivity index (χ0v) is 53.7. The smallest absolute Gasteiger partial charge is 0.246 e. The minimum absolute atomic E-state index is 0.0205. The maximum absolute atomic E-state index is 13.9. The van der Waals surface area contributed by atoms with E-state index in [1.807, 2.05) is 0 Å². The molecule has 10 rings (SSSR count). The van der Waals surface area contributed by atoms with Gasteiger partial charge < -0.3 is 48.3 Å². The summed E-state index contributed by atoms with van der Waals surface area (Å²) in [4.78, 5) is 73.8. The van der Waals surface area contributed by atoms with Gasteiger partial charge in [-0.15, -0.1) is 11.6 Å². The Hall–Kier alpha value is -10.3. The second kappa shape index (κ2) is 37.9. The summed E-state index contributed by atoms with van der Waals surface area (Å²) in [6.07, 6.45) is 5.64. The third-order valence-electron chi connectivity index (χ3n) is 11.9. The van der Waals surface area contributed by atoms with Gasteiger partial charge in [-0.1, -0.05) is 35.6 Å². The van der Waals surface area contributed by atoms with Crippen LogP contribution in [0.3, 0.4) is 0 Å². The first-order valence-electron chi connectivity index (χ1n) is 26.7. The van der Waals surface area contributed by atoms with Gasteiger partial charge in [0.15, 0.2) is 92.5 Å². The summed E-state index contributed by atoms with van der Waals surface area (Å²) >= 11 is 17.5. The summed E-state index contributed by atoms with van der Waals surface area (Å²) in [5, 5.41) is 44.0. The van der Waals surface area contributed by atoms with Crippen LogP contribution in [-0.4, -0.2) is 158 Å². The number of aldehydes is 2. The molecule has 0 bridgehead atoms. The van der Waals surface area contributed by atoms with Crippen molar-refractivity contribution in [1.82, 2.24) is 65.6 Å². The molecule has 0 aliphatic carbocycles. The van der Waals surface area contributed by atoms with Crippen LogP contribution < -0.4 is 38.1 Å². The van der Waals surface area contributed by atoms with Crippen molar-refractivity contribution in [2.45, 2.75) is 45.7 Å². The fraction of sp³-hybridized carbons (Fsp3) is 0.241. The lowest BCUT2D eigenvalue weighted by molar-refractivity contribution is -0.128. The summed E-state index contributed by atoms with van der Waals surface area (Å²) in [5.41, 5.74) is 1.67. The topological polar surface area (TPSA) is 363 Å². The van der Waals surface area contributed by atoms with E-state index in [1.165, 1.54) is 113 Å². The van der Waals surface area contributed by atoms with E-state index in [9.17, 15) is 46.6 Å². The molecular weight excluding hydrogens is 1330 g/mol. The number of Topliss-reactive ketones (excluding diaryl/α,β-unsaturated/α-hetero) is 1. The zero-order chi connectivity index (χ0) is 68.9. The molecule has 5 heterocycles. The van der Waals surface area contributed by atoms with Crippen molar-refractivity contribution in [3.63, 3.8) is 0 Å². The number of hydrogen-bond donors (Lipinski definition) is 6. The molecule has 2 amide bonds. The maximum Gasteiger partial charge on any atom is 0.246 e. The number of nitrogens with zero attached hydrogens (tertiary/aromatic N) is 10. The van der Waals surface area contributed by atoms with E-state index in [4.69, 9.17) is 68.9 Å². The number of halogens is 6. The number of likely N-dealkylation sites (N-methyl/N-ethyl adjacent to an activating group) is 1. The van der Waals surface area contributed by atoms with Crippen molar-refractivity contribution in [3.8, 4) is 46.0 Å². The van der Waals surface area contributed by atoms with Crippen molar-refractivity contribution in [2.24, 2.45) is 0 Å². The Morgan fingerprint density at radius 1 is 0.670 bits per heavy atom. The van der Waals surface area contributed by atoms with E-state index in [0.717, 1.165) is 23.9 Å². The Labute approximate surface area is 551 Å². The molecule has 0 radical (unpaired) electrons. The first-order chi connectivity index (χ1) is 45.1. The Kier molecular flexibility index (Phi) is 30.0. The zero-order valence-electron chi connectivity index (χ0n) is 50.6. The number of thiocarbonyl (C=S) groups is 1. The van der Waals surface area contributed by atoms with Crippen LogP contribution in [0.4, 0.5) is 23.2 Å². The third kappa shape index (κ3) is 22.5. The fourth-order valence-electron chi connectivity index (χ4n) is 7.15. The second-order valence-corrected chi connectivity index (χ2v) is 20.6. The first kappa shape index (κ1) is 74.4. The van der Waals surface area contributed by atoms with Crippen molar-refractivity contribution in [1.29, 1.82) is 0 Å². The number of carbonyl (C=O) groups excluding carboxylic acids is 5. The monoisotopic (exact) mass is 1380 g/mol. The lowest BCUT2D eigenvalue weighted by Crippen LogP contribution is -2.40. The Balaban J connectivity index is 0.000000209. The highest BCUT2D eigenvalue weighted by Crippen LogP contribution is 2.36. The lowest BCUT2D eigenvalue weighted by Gasteiger charge is -2.21. The van der Waals surface area contributed by atoms with Gasteiger partial charge in [0.05, 0.1) is 46.2 Å². The highest BCUT2D eigenvalue weighted by Gasteiger charge is 2.30. The fourth-order valence-corrected chi connectivity index (χ4v) is 8.47. The van der Waals surface area contributed by atoms with Crippen LogP contribution in [0.2, 0.25) is 5.02 Å². The average molecular weight is 1390 g/mol. The molecule has 28 nitrogen and oxygen atoms in total. The van der Waals surface area contributed by atoms with Gasteiger partial charge in [0, 0.05) is 34.4 Å². The number of alkyl halides is 1. The molecule has 498 valence electrons. The quantitative estimate of drug-likeness (QED) is 0.0129. The largest absolute Gasteiger partial charge is 0.502 e. The minimum atomic E-state index is -0.864. The van der Waals surface area contributed by atoms with Crippen molar-refractivity contribution >= 4 is 87.4 Å². The summed E-state index contributed by atoms with van der Waals surface area (Å²) in [5.74, 6) is -0.811. The molecule has 0 spiro atoms. The number of rotatable bonds is 21. The number of anilines is 1. The highest BCUT2D eigenvalue weighted by molar-refractivity contribution is 8.24. The molecule has 1 saturated heterocycles. The number of hydrogen-bond acceptors (Lipinski definition) is 24. The molecule has 1 atom stereocenters. The van der Waals surface area contributed by atoms with Gasteiger partial charge in [-0.2, -0.15) is 20.4 Å².